The summed E-state index contributed by atoms with van der Waals surface area (Å²) in [6.45, 7) is 1.74. The molecular formula is C4H5N3O3. The molecule has 0 atom stereocenters. The predicted octanol–water partition coefficient (Wildman–Crippen LogP) is 0.540. The molecule has 0 amide bonds. The Hall–Kier alpha value is -1.46. The van der Waals surface area contributed by atoms with E-state index in [0.29, 0.717) is 6.42 Å². The molecule has 0 saturated heterocycles. The van der Waals surface area contributed by atoms with Gasteiger partial charge >= 0.3 is 5.82 Å². The molecule has 1 aromatic rings. The zero-order chi connectivity index (χ0) is 7.56. The summed E-state index contributed by atoms with van der Waals surface area (Å²) in [7, 11) is 0. The van der Waals surface area contributed by atoms with Crippen LogP contribution in [0.3, 0.4) is 0 Å². The van der Waals surface area contributed by atoms with Gasteiger partial charge in [0.25, 0.3) is 0 Å². The van der Waals surface area contributed by atoms with Gasteiger partial charge in [0.15, 0.2) is 10.9 Å². The summed E-state index contributed by atoms with van der Waals surface area (Å²) in [5.41, 5.74) is 0.282. The Bertz CT molecular complexity index is 244. The topological polar surface area (TPSA) is 82.1 Å². The van der Waals surface area contributed by atoms with Gasteiger partial charge < -0.3 is 10.1 Å². The Labute approximate surface area is 56.0 Å². The van der Waals surface area contributed by atoms with Gasteiger partial charge in [-0.3, -0.25) is 0 Å². The second-order valence-corrected chi connectivity index (χ2v) is 1.65. The maximum atomic E-state index is 10.1. The average Bonchev–Trinajstić information content (AvgIpc) is 2.33. The minimum Gasteiger partial charge on any atom is -0.358 e. The first-order chi connectivity index (χ1) is 4.75. The molecule has 0 spiro atoms. The molecule has 0 aliphatic rings. The molecule has 0 saturated carbocycles. The van der Waals surface area contributed by atoms with Gasteiger partial charge in [-0.25, -0.2) is 0 Å². The van der Waals surface area contributed by atoms with Crippen LogP contribution in [-0.4, -0.2) is 15.2 Å². The molecule has 0 unspecified atom stereocenters. The second-order valence-electron chi connectivity index (χ2n) is 1.65. The van der Waals surface area contributed by atoms with E-state index in [0.717, 1.165) is 0 Å². The van der Waals surface area contributed by atoms with E-state index < -0.39 is 4.92 Å². The standard InChI is InChI=1S/C4H5N3O3/c1-2-3-4(7(8)9)6-10-5-3/h2H2,1H3. The molecule has 0 aliphatic carbocycles. The predicted molar refractivity (Wildman–Crippen MR) is 30.3 cm³/mol. The Morgan fingerprint density at radius 2 is 2.40 bits per heavy atom. The van der Waals surface area contributed by atoms with Gasteiger partial charge in [-0.05, 0) is 16.5 Å². The third-order valence-corrected chi connectivity index (χ3v) is 1.04. The SMILES string of the molecule is CCc1nonc1[N+](=O)[O-]. The van der Waals surface area contributed by atoms with Crippen LogP contribution in [0.15, 0.2) is 4.63 Å². The van der Waals surface area contributed by atoms with Crippen molar-refractivity contribution in [2.24, 2.45) is 0 Å². The van der Waals surface area contributed by atoms with Crippen molar-refractivity contribution < 1.29 is 9.55 Å². The fraction of sp³-hybridized carbons (Fsp3) is 0.500. The fourth-order valence-electron chi connectivity index (χ4n) is 0.563. The highest BCUT2D eigenvalue weighted by Crippen LogP contribution is 2.11. The van der Waals surface area contributed by atoms with Crippen molar-refractivity contribution in [2.45, 2.75) is 13.3 Å². The molecule has 10 heavy (non-hydrogen) atoms. The van der Waals surface area contributed by atoms with Crippen LogP contribution in [0.1, 0.15) is 12.6 Å². The number of hydrogen-bond acceptors (Lipinski definition) is 5. The molecule has 1 rings (SSSR count). The molecule has 6 nitrogen and oxygen atoms in total. The van der Waals surface area contributed by atoms with Gasteiger partial charge in [-0.1, -0.05) is 6.92 Å². The first-order valence-electron chi connectivity index (χ1n) is 2.71. The van der Waals surface area contributed by atoms with E-state index in [2.05, 4.69) is 14.9 Å². The Morgan fingerprint density at radius 1 is 1.70 bits per heavy atom. The number of hydrogen-bond donors (Lipinski definition) is 0. The van der Waals surface area contributed by atoms with Crippen molar-refractivity contribution in [2.75, 3.05) is 0 Å². The van der Waals surface area contributed by atoms with E-state index in [1.807, 2.05) is 0 Å². The smallest absolute Gasteiger partial charge is 0.358 e. The van der Waals surface area contributed by atoms with Gasteiger partial charge in [0, 0.05) is 0 Å². The van der Waals surface area contributed by atoms with Gasteiger partial charge in [0.2, 0.25) is 0 Å². The van der Waals surface area contributed by atoms with E-state index in [-0.39, 0.29) is 11.5 Å². The number of nitrogens with zero attached hydrogens (tertiary/aromatic N) is 3. The molecule has 0 radical (unpaired) electrons. The highest BCUT2D eigenvalue weighted by atomic mass is 16.6. The molecule has 1 heterocycles. The molecule has 6 heteroatoms. The Morgan fingerprint density at radius 3 is 2.80 bits per heavy atom. The number of aryl methyl sites for hydroxylation is 1. The van der Waals surface area contributed by atoms with Gasteiger partial charge in [0.05, 0.1) is 0 Å². The van der Waals surface area contributed by atoms with E-state index in [4.69, 9.17) is 0 Å². The lowest BCUT2D eigenvalue weighted by Crippen LogP contribution is -1.92. The van der Waals surface area contributed by atoms with Crippen LogP contribution < -0.4 is 0 Å². The van der Waals surface area contributed by atoms with Crippen LogP contribution in [0.2, 0.25) is 0 Å². The van der Waals surface area contributed by atoms with E-state index in [1.54, 1.807) is 6.92 Å². The fourth-order valence-corrected chi connectivity index (χ4v) is 0.563. The zero-order valence-corrected chi connectivity index (χ0v) is 5.27. The third-order valence-electron chi connectivity index (χ3n) is 1.04. The van der Waals surface area contributed by atoms with Gasteiger partial charge in [-0.2, -0.15) is 0 Å². The minimum absolute atomic E-state index is 0.282. The van der Waals surface area contributed by atoms with E-state index in [9.17, 15) is 10.1 Å². The average molecular weight is 143 g/mol. The summed E-state index contributed by atoms with van der Waals surface area (Å²) in [6, 6.07) is 0. The normalized spacial score (nSPS) is 9.70. The van der Waals surface area contributed by atoms with Crippen LogP contribution in [0, 0.1) is 10.1 Å². The Kier molecular flexibility index (Phi) is 1.61. The van der Waals surface area contributed by atoms with Crippen molar-refractivity contribution in [1.82, 2.24) is 10.3 Å². The Balaban J connectivity index is 3.01. The van der Waals surface area contributed by atoms with Crippen molar-refractivity contribution in [1.29, 1.82) is 0 Å². The van der Waals surface area contributed by atoms with Crippen LogP contribution >= 0.6 is 0 Å². The first kappa shape index (κ1) is 6.66. The third kappa shape index (κ3) is 0.949. The maximum absolute atomic E-state index is 10.1. The molecule has 0 N–H and O–H groups in total. The van der Waals surface area contributed by atoms with Crippen molar-refractivity contribution in [3.05, 3.63) is 15.8 Å². The molecule has 0 aliphatic heterocycles. The first-order valence-corrected chi connectivity index (χ1v) is 2.71. The zero-order valence-electron chi connectivity index (χ0n) is 5.27. The minimum atomic E-state index is -0.616. The van der Waals surface area contributed by atoms with Gasteiger partial charge in [0.1, 0.15) is 0 Å². The van der Waals surface area contributed by atoms with E-state index >= 15 is 0 Å². The molecule has 1 aromatic heterocycles. The summed E-state index contributed by atoms with van der Waals surface area (Å²) in [6.07, 6.45) is 0.458. The molecule has 0 aromatic carbocycles. The highest BCUT2D eigenvalue weighted by Gasteiger charge is 2.19. The van der Waals surface area contributed by atoms with Crippen LogP contribution in [-0.2, 0) is 6.42 Å². The van der Waals surface area contributed by atoms with Crippen LogP contribution in [0.5, 0.6) is 0 Å². The monoisotopic (exact) mass is 143 g/mol. The van der Waals surface area contributed by atoms with Crippen molar-refractivity contribution in [3.63, 3.8) is 0 Å². The largest absolute Gasteiger partial charge is 0.437 e. The quantitative estimate of drug-likeness (QED) is 0.445. The van der Waals surface area contributed by atoms with E-state index in [1.165, 1.54) is 0 Å². The molecule has 54 valence electrons. The molecule has 0 bridgehead atoms. The lowest BCUT2D eigenvalue weighted by atomic mass is 10.3. The lowest BCUT2D eigenvalue weighted by molar-refractivity contribution is -0.391. The lowest BCUT2D eigenvalue weighted by Gasteiger charge is -1.85. The molecular weight excluding hydrogens is 138 g/mol. The summed E-state index contributed by atoms with van der Waals surface area (Å²) >= 11 is 0. The van der Waals surface area contributed by atoms with Gasteiger partial charge in [-0.15, -0.1) is 4.63 Å². The van der Waals surface area contributed by atoms with Crippen LogP contribution in [0.25, 0.3) is 0 Å². The summed E-state index contributed by atoms with van der Waals surface area (Å²) in [5.74, 6) is -0.289. The highest BCUT2D eigenvalue weighted by molar-refractivity contribution is 5.21. The van der Waals surface area contributed by atoms with Crippen molar-refractivity contribution in [3.8, 4) is 0 Å². The maximum Gasteiger partial charge on any atom is 0.437 e. The van der Waals surface area contributed by atoms with Crippen molar-refractivity contribution >= 4 is 5.82 Å². The molecule has 0 fully saturated rings. The number of rotatable bonds is 2. The number of aromatic nitrogens is 2. The van der Waals surface area contributed by atoms with Crippen LogP contribution in [0.4, 0.5) is 5.82 Å². The summed E-state index contributed by atoms with van der Waals surface area (Å²) in [5, 5.41) is 16.5. The summed E-state index contributed by atoms with van der Waals surface area (Å²) in [4.78, 5) is 9.47. The summed E-state index contributed by atoms with van der Waals surface area (Å²) < 4.78 is 4.16. The number of nitro groups is 1. The second kappa shape index (κ2) is 2.42.